The van der Waals surface area contributed by atoms with Crippen LogP contribution in [0.5, 0.6) is 5.75 Å². The van der Waals surface area contributed by atoms with E-state index in [9.17, 15) is 19.7 Å². The van der Waals surface area contributed by atoms with Gasteiger partial charge in [-0.2, -0.15) is 0 Å². The zero-order chi connectivity index (χ0) is 19.3. The molecule has 1 atom stereocenters. The number of anilines is 1. The molecule has 0 saturated carbocycles. The first-order valence-corrected chi connectivity index (χ1v) is 7.79. The SMILES string of the molecule is COc1cccc(NC(=O)[C@H](C)OC(=O)c2cc([N+](=O)[O-])ccc2Cl)c1. The number of nitro groups is 1. The van der Waals surface area contributed by atoms with E-state index in [1.54, 1.807) is 24.3 Å². The van der Waals surface area contributed by atoms with Crippen molar-refractivity contribution in [2.24, 2.45) is 0 Å². The second-order valence-electron chi connectivity index (χ2n) is 5.19. The Bertz CT molecular complexity index is 855. The van der Waals surface area contributed by atoms with Gasteiger partial charge in [0.25, 0.3) is 11.6 Å². The highest BCUT2D eigenvalue weighted by Crippen LogP contribution is 2.23. The second kappa shape index (κ2) is 8.30. The van der Waals surface area contributed by atoms with Gasteiger partial charge < -0.3 is 14.8 Å². The molecule has 136 valence electrons. The van der Waals surface area contributed by atoms with Crippen LogP contribution in [0.15, 0.2) is 42.5 Å². The molecule has 9 heteroatoms. The Morgan fingerprint density at radius 1 is 1.23 bits per heavy atom. The summed E-state index contributed by atoms with van der Waals surface area (Å²) in [6, 6.07) is 10.0. The largest absolute Gasteiger partial charge is 0.497 e. The van der Waals surface area contributed by atoms with Crippen LogP contribution in [0.1, 0.15) is 17.3 Å². The fourth-order valence-corrected chi connectivity index (χ4v) is 2.20. The first kappa shape index (κ1) is 19.2. The standard InChI is InChI=1S/C17H15ClN2O6/c1-10(16(21)19-11-4-3-5-13(8-11)25-2)26-17(22)14-9-12(20(23)24)6-7-15(14)18/h3-10H,1-2H3,(H,19,21)/t10-/m0/s1. The van der Waals surface area contributed by atoms with Crippen molar-refractivity contribution < 1.29 is 24.0 Å². The number of esters is 1. The number of hydrogen-bond donors (Lipinski definition) is 1. The van der Waals surface area contributed by atoms with Crippen molar-refractivity contribution in [3.05, 3.63) is 63.2 Å². The van der Waals surface area contributed by atoms with Crippen LogP contribution in [-0.2, 0) is 9.53 Å². The maximum atomic E-state index is 12.2. The minimum absolute atomic E-state index is 0.0130. The monoisotopic (exact) mass is 378 g/mol. The fourth-order valence-electron chi connectivity index (χ4n) is 2.01. The van der Waals surface area contributed by atoms with Crippen molar-refractivity contribution in [1.82, 2.24) is 0 Å². The minimum Gasteiger partial charge on any atom is -0.497 e. The summed E-state index contributed by atoms with van der Waals surface area (Å²) >= 11 is 5.88. The molecule has 0 aliphatic heterocycles. The van der Waals surface area contributed by atoms with E-state index in [0.717, 1.165) is 12.1 Å². The van der Waals surface area contributed by atoms with Crippen LogP contribution < -0.4 is 10.1 Å². The molecule has 26 heavy (non-hydrogen) atoms. The zero-order valence-corrected chi connectivity index (χ0v) is 14.6. The second-order valence-corrected chi connectivity index (χ2v) is 5.60. The Balaban J connectivity index is 2.07. The molecular weight excluding hydrogens is 364 g/mol. The highest BCUT2D eigenvalue weighted by atomic mass is 35.5. The number of nitrogens with one attached hydrogen (secondary N) is 1. The van der Waals surface area contributed by atoms with E-state index in [2.05, 4.69) is 5.32 Å². The van der Waals surface area contributed by atoms with Crippen molar-refractivity contribution in [1.29, 1.82) is 0 Å². The fraction of sp³-hybridized carbons (Fsp3) is 0.176. The van der Waals surface area contributed by atoms with Gasteiger partial charge in [-0.05, 0) is 25.1 Å². The molecule has 0 aromatic heterocycles. The summed E-state index contributed by atoms with van der Waals surface area (Å²) < 4.78 is 10.1. The van der Waals surface area contributed by atoms with Crippen LogP contribution >= 0.6 is 11.6 Å². The predicted molar refractivity (Wildman–Crippen MR) is 94.6 cm³/mol. The molecule has 0 spiro atoms. The lowest BCUT2D eigenvalue weighted by Crippen LogP contribution is -2.30. The zero-order valence-electron chi connectivity index (χ0n) is 13.9. The summed E-state index contributed by atoms with van der Waals surface area (Å²) in [5.41, 5.74) is -0.0395. The number of non-ortho nitro benzene ring substituents is 1. The van der Waals surface area contributed by atoms with Crippen molar-refractivity contribution in [2.75, 3.05) is 12.4 Å². The van der Waals surface area contributed by atoms with Crippen LogP contribution in [0.3, 0.4) is 0 Å². The van der Waals surface area contributed by atoms with E-state index >= 15 is 0 Å². The maximum Gasteiger partial charge on any atom is 0.340 e. The lowest BCUT2D eigenvalue weighted by molar-refractivity contribution is -0.384. The number of hydrogen-bond acceptors (Lipinski definition) is 6. The molecule has 1 amide bonds. The van der Waals surface area contributed by atoms with Crippen LogP contribution in [0.4, 0.5) is 11.4 Å². The molecule has 2 rings (SSSR count). The van der Waals surface area contributed by atoms with Gasteiger partial charge in [0, 0.05) is 23.9 Å². The number of halogens is 1. The number of benzene rings is 2. The Labute approximate surface area is 153 Å². The highest BCUT2D eigenvalue weighted by molar-refractivity contribution is 6.33. The van der Waals surface area contributed by atoms with Crippen LogP contribution in [0.25, 0.3) is 0 Å². The molecule has 0 fully saturated rings. The molecule has 2 aromatic rings. The number of rotatable bonds is 6. The van der Waals surface area contributed by atoms with Gasteiger partial charge >= 0.3 is 5.97 Å². The van der Waals surface area contributed by atoms with Crippen LogP contribution in [-0.4, -0.2) is 30.0 Å². The van der Waals surface area contributed by atoms with E-state index in [0.29, 0.717) is 11.4 Å². The third kappa shape index (κ3) is 4.70. The van der Waals surface area contributed by atoms with Crippen LogP contribution in [0.2, 0.25) is 5.02 Å². The number of nitro benzene ring substituents is 1. The molecular formula is C17H15ClN2O6. The summed E-state index contributed by atoms with van der Waals surface area (Å²) in [5.74, 6) is -0.962. The molecule has 2 aromatic carbocycles. The normalized spacial score (nSPS) is 11.3. The third-order valence-corrected chi connectivity index (χ3v) is 3.70. The summed E-state index contributed by atoms with van der Waals surface area (Å²) in [6.45, 7) is 1.37. The average Bonchev–Trinajstić information content (AvgIpc) is 2.61. The minimum atomic E-state index is -1.15. The predicted octanol–water partition coefficient (Wildman–Crippen LogP) is 3.44. The van der Waals surface area contributed by atoms with Gasteiger partial charge in [-0.3, -0.25) is 14.9 Å². The highest BCUT2D eigenvalue weighted by Gasteiger charge is 2.22. The number of methoxy groups -OCH3 is 1. The Hall–Kier alpha value is -3.13. The summed E-state index contributed by atoms with van der Waals surface area (Å²) in [4.78, 5) is 34.5. The van der Waals surface area contributed by atoms with Gasteiger partial charge in [0.2, 0.25) is 0 Å². The average molecular weight is 379 g/mol. The van der Waals surface area contributed by atoms with Crippen molar-refractivity contribution >= 4 is 34.9 Å². The number of amides is 1. The number of carbonyl (C=O) groups excluding carboxylic acids is 2. The topological polar surface area (TPSA) is 108 Å². The van der Waals surface area contributed by atoms with Crippen LogP contribution in [0, 0.1) is 10.1 Å². The van der Waals surface area contributed by atoms with Gasteiger partial charge in [-0.15, -0.1) is 0 Å². The van der Waals surface area contributed by atoms with Crippen molar-refractivity contribution in [3.63, 3.8) is 0 Å². The Morgan fingerprint density at radius 3 is 2.62 bits per heavy atom. The molecule has 0 unspecified atom stereocenters. The Morgan fingerprint density at radius 2 is 1.96 bits per heavy atom. The quantitative estimate of drug-likeness (QED) is 0.468. The summed E-state index contributed by atoms with van der Waals surface area (Å²) in [7, 11) is 1.49. The van der Waals surface area contributed by atoms with Gasteiger partial charge in [-0.1, -0.05) is 17.7 Å². The number of nitrogens with zero attached hydrogens (tertiary/aromatic N) is 1. The molecule has 0 saturated heterocycles. The lowest BCUT2D eigenvalue weighted by Gasteiger charge is -2.14. The molecule has 0 aliphatic rings. The number of carbonyl (C=O) groups is 2. The molecule has 0 radical (unpaired) electrons. The van der Waals surface area contributed by atoms with Crippen molar-refractivity contribution in [2.45, 2.75) is 13.0 Å². The van der Waals surface area contributed by atoms with E-state index in [-0.39, 0.29) is 16.3 Å². The van der Waals surface area contributed by atoms with E-state index in [1.165, 1.54) is 20.1 Å². The molecule has 0 bridgehead atoms. The number of ether oxygens (including phenoxy) is 2. The van der Waals surface area contributed by atoms with Gasteiger partial charge in [0.1, 0.15) is 5.75 Å². The van der Waals surface area contributed by atoms with Gasteiger partial charge in [0.15, 0.2) is 6.10 Å². The van der Waals surface area contributed by atoms with E-state index in [1.807, 2.05) is 0 Å². The van der Waals surface area contributed by atoms with Crippen molar-refractivity contribution in [3.8, 4) is 5.75 Å². The van der Waals surface area contributed by atoms with E-state index in [4.69, 9.17) is 21.1 Å². The lowest BCUT2D eigenvalue weighted by atomic mass is 10.2. The van der Waals surface area contributed by atoms with Gasteiger partial charge in [0.05, 0.1) is 22.6 Å². The first-order chi connectivity index (χ1) is 12.3. The van der Waals surface area contributed by atoms with Gasteiger partial charge in [-0.25, -0.2) is 4.79 Å². The molecule has 1 N–H and O–H groups in total. The first-order valence-electron chi connectivity index (χ1n) is 7.41. The van der Waals surface area contributed by atoms with E-state index < -0.39 is 22.9 Å². The summed E-state index contributed by atoms with van der Waals surface area (Å²) in [5, 5.41) is 13.4. The molecule has 0 heterocycles. The summed E-state index contributed by atoms with van der Waals surface area (Å²) in [6.07, 6.45) is -1.15. The molecule has 8 nitrogen and oxygen atoms in total. The smallest absolute Gasteiger partial charge is 0.340 e. The molecule has 0 aliphatic carbocycles. The third-order valence-electron chi connectivity index (χ3n) is 3.37. The Kier molecular flexibility index (Phi) is 6.13. The maximum absolute atomic E-state index is 12.2.